The van der Waals surface area contributed by atoms with E-state index in [2.05, 4.69) is 39.4 Å². The van der Waals surface area contributed by atoms with Crippen LogP contribution in [-0.4, -0.2) is 34.6 Å². The molecule has 112 valence electrons. The summed E-state index contributed by atoms with van der Waals surface area (Å²) in [7, 11) is 0. The second-order valence-corrected chi connectivity index (χ2v) is 5.64. The SMILES string of the molecule is CCCNc1nc(NCC2(C)CCC2)nc(OCC)n1. The van der Waals surface area contributed by atoms with Crippen molar-refractivity contribution in [1.29, 1.82) is 0 Å². The van der Waals surface area contributed by atoms with E-state index in [9.17, 15) is 0 Å². The highest BCUT2D eigenvalue weighted by atomic mass is 16.5. The van der Waals surface area contributed by atoms with E-state index in [1.165, 1.54) is 19.3 Å². The highest BCUT2D eigenvalue weighted by Crippen LogP contribution is 2.40. The van der Waals surface area contributed by atoms with Crippen molar-refractivity contribution in [2.75, 3.05) is 30.3 Å². The number of aromatic nitrogens is 3. The van der Waals surface area contributed by atoms with Crippen molar-refractivity contribution in [2.24, 2.45) is 5.41 Å². The van der Waals surface area contributed by atoms with Gasteiger partial charge in [0, 0.05) is 13.1 Å². The molecular weight excluding hydrogens is 254 g/mol. The third-order valence-corrected chi connectivity index (χ3v) is 3.66. The summed E-state index contributed by atoms with van der Waals surface area (Å²) in [6.45, 7) is 8.61. The molecule has 1 aliphatic rings. The Morgan fingerprint density at radius 1 is 1.10 bits per heavy atom. The van der Waals surface area contributed by atoms with Crippen LogP contribution in [0.2, 0.25) is 0 Å². The van der Waals surface area contributed by atoms with Crippen LogP contribution < -0.4 is 15.4 Å². The van der Waals surface area contributed by atoms with Crippen molar-refractivity contribution in [3.63, 3.8) is 0 Å². The number of hydrogen-bond acceptors (Lipinski definition) is 6. The summed E-state index contributed by atoms with van der Waals surface area (Å²) in [5.74, 6) is 1.17. The lowest BCUT2D eigenvalue weighted by atomic mass is 9.70. The van der Waals surface area contributed by atoms with Crippen LogP contribution in [0.25, 0.3) is 0 Å². The Labute approximate surface area is 120 Å². The zero-order valence-corrected chi connectivity index (χ0v) is 12.7. The molecule has 0 bridgehead atoms. The minimum atomic E-state index is 0.377. The summed E-state index contributed by atoms with van der Waals surface area (Å²) < 4.78 is 5.40. The number of anilines is 2. The lowest BCUT2D eigenvalue weighted by molar-refractivity contribution is 0.179. The van der Waals surface area contributed by atoms with Crippen LogP contribution in [0.15, 0.2) is 0 Å². The summed E-state index contributed by atoms with van der Waals surface area (Å²) in [5, 5.41) is 6.50. The molecule has 1 heterocycles. The van der Waals surface area contributed by atoms with Crippen molar-refractivity contribution in [1.82, 2.24) is 15.0 Å². The number of hydrogen-bond donors (Lipinski definition) is 2. The Morgan fingerprint density at radius 3 is 2.35 bits per heavy atom. The van der Waals surface area contributed by atoms with Gasteiger partial charge >= 0.3 is 6.01 Å². The monoisotopic (exact) mass is 279 g/mol. The molecule has 0 amide bonds. The van der Waals surface area contributed by atoms with Gasteiger partial charge in [-0.3, -0.25) is 0 Å². The molecule has 0 radical (unpaired) electrons. The maximum Gasteiger partial charge on any atom is 0.323 e. The van der Waals surface area contributed by atoms with E-state index in [-0.39, 0.29) is 0 Å². The van der Waals surface area contributed by atoms with Crippen molar-refractivity contribution >= 4 is 11.9 Å². The van der Waals surface area contributed by atoms with Crippen LogP contribution in [0.3, 0.4) is 0 Å². The Morgan fingerprint density at radius 2 is 1.80 bits per heavy atom. The lowest BCUT2D eigenvalue weighted by Crippen LogP contribution is -2.33. The van der Waals surface area contributed by atoms with E-state index in [0.717, 1.165) is 19.5 Å². The Hall–Kier alpha value is -1.59. The second-order valence-electron chi connectivity index (χ2n) is 5.64. The van der Waals surface area contributed by atoms with Crippen LogP contribution in [0.5, 0.6) is 6.01 Å². The summed E-state index contributed by atoms with van der Waals surface area (Å²) in [5.41, 5.74) is 0.384. The molecule has 1 fully saturated rings. The summed E-state index contributed by atoms with van der Waals surface area (Å²) in [6.07, 6.45) is 4.88. The van der Waals surface area contributed by atoms with Crippen LogP contribution in [0.4, 0.5) is 11.9 Å². The molecule has 1 saturated carbocycles. The Bertz CT molecular complexity index is 434. The first-order valence-corrected chi connectivity index (χ1v) is 7.52. The number of rotatable bonds is 8. The largest absolute Gasteiger partial charge is 0.464 e. The highest BCUT2D eigenvalue weighted by Gasteiger charge is 2.31. The fraction of sp³-hybridized carbons (Fsp3) is 0.786. The number of nitrogens with zero attached hydrogens (tertiary/aromatic N) is 3. The van der Waals surface area contributed by atoms with Gasteiger partial charge in [-0.1, -0.05) is 20.3 Å². The van der Waals surface area contributed by atoms with Gasteiger partial charge in [-0.15, -0.1) is 0 Å². The van der Waals surface area contributed by atoms with E-state index < -0.39 is 0 Å². The van der Waals surface area contributed by atoms with E-state index in [1.54, 1.807) is 0 Å². The predicted octanol–water partition coefficient (Wildman–Crippen LogP) is 2.69. The predicted molar refractivity (Wildman–Crippen MR) is 80.2 cm³/mol. The fourth-order valence-electron chi connectivity index (χ4n) is 2.19. The molecule has 0 aliphatic heterocycles. The minimum Gasteiger partial charge on any atom is -0.464 e. The average Bonchev–Trinajstić information content (AvgIpc) is 2.41. The van der Waals surface area contributed by atoms with E-state index in [1.807, 2.05) is 6.92 Å². The molecular formula is C14H25N5O. The first-order valence-electron chi connectivity index (χ1n) is 7.52. The van der Waals surface area contributed by atoms with Crippen molar-refractivity contribution in [3.8, 4) is 6.01 Å². The minimum absolute atomic E-state index is 0.377. The third-order valence-electron chi connectivity index (χ3n) is 3.66. The van der Waals surface area contributed by atoms with Crippen LogP contribution in [0, 0.1) is 5.41 Å². The van der Waals surface area contributed by atoms with Gasteiger partial charge in [-0.05, 0) is 31.6 Å². The lowest BCUT2D eigenvalue weighted by Gasteiger charge is -2.38. The molecule has 6 heteroatoms. The topological polar surface area (TPSA) is 72.0 Å². The molecule has 0 saturated heterocycles. The maximum atomic E-state index is 5.40. The zero-order valence-electron chi connectivity index (χ0n) is 12.7. The second kappa shape index (κ2) is 6.72. The number of ether oxygens (including phenoxy) is 1. The van der Waals surface area contributed by atoms with Gasteiger partial charge in [0.15, 0.2) is 0 Å². The Kier molecular flexibility index (Phi) is 4.98. The van der Waals surface area contributed by atoms with Gasteiger partial charge in [-0.2, -0.15) is 15.0 Å². The first-order chi connectivity index (χ1) is 9.65. The summed E-state index contributed by atoms with van der Waals surface area (Å²) in [6, 6.07) is 0.377. The van der Waals surface area contributed by atoms with Gasteiger partial charge in [-0.25, -0.2) is 0 Å². The van der Waals surface area contributed by atoms with Crippen molar-refractivity contribution in [2.45, 2.75) is 46.5 Å². The average molecular weight is 279 g/mol. The molecule has 2 N–H and O–H groups in total. The molecule has 6 nitrogen and oxygen atoms in total. The van der Waals surface area contributed by atoms with Gasteiger partial charge in [0.25, 0.3) is 0 Å². The van der Waals surface area contributed by atoms with Crippen molar-refractivity contribution < 1.29 is 4.74 Å². The van der Waals surface area contributed by atoms with Crippen LogP contribution >= 0.6 is 0 Å². The molecule has 1 aromatic heterocycles. The van der Waals surface area contributed by atoms with E-state index >= 15 is 0 Å². The molecule has 0 spiro atoms. The smallest absolute Gasteiger partial charge is 0.323 e. The first kappa shape index (κ1) is 14.8. The van der Waals surface area contributed by atoms with Crippen LogP contribution in [0.1, 0.15) is 46.5 Å². The van der Waals surface area contributed by atoms with Gasteiger partial charge in [0.2, 0.25) is 11.9 Å². The molecule has 2 rings (SSSR count). The molecule has 0 unspecified atom stereocenters. The van der Waals surface area contributed by atoms with Gasteiger partial charge in [0.1, 0.15) is 0 Å². The van der Waals surface area contributed by atoms with Crippen LogP contribution in [-0.2, 0) is 0 Å². The summed E-state index contributed by atoms with van der Waals surface area (Å²) >= 11 is 0. The molecule has 20 heavy (non-hydrogen) atoms. The molecule has 0 aromatic carbocycles. The van der Waals surface area contributed by atoms with E-state index in [4.69, 9.17) is 4.74 Å². The summed E-state index contributed by atoms with van der Waals surface area (Å²) in [4.78, 5) is 12.9. The van der Waals surface area contributed by atoms with Gasteiger partial charge < -0.3 is 15.4 Å². The molecule has 0 atom stereocenters. The fourth-order valence-corrected chi connectivity index (χ4v) is 2.19. The van der Waals surface area contributed by atoms with E-state index in [0.29, 0.717) is 29.9 Å². The quantitative estimate of drug-likeness (QED) is 0.762. The number of nitrogens with one attached hydrogen (secondary N) is 2. The molecule has 1 aromatic rings. The Balaban J connectivity index is 2.02. The maximum absolute atomic E-state index is 5.40. The normalized spacial score (nSPS) is 16.4. The van der Waals surface area contributed by atoms with Gasteiger partial charge in [0.05, 0.1) is 6.61 Å². The third kappa shape index (κ3) is 3.95. The zero-order chi connectivity index (χ0) is 14.4. The standard InChI is InChI=1S/C14H25N5O/c1-4-9-15-11-17-12(19-13(18-11)20-5-2)16-10-14(3)7-6-8-14/h4-10H2,1-3H3,(H2,15,16,17,18,19). The molecule has 1 aliphatic carbocycles. The van der Waals surface area contributed by atoms with Crippen molar-refractivity contribution in [3.05, 3.63) is 0 Å². The highest BCUT2D eigenvalue weighted by molar-refractivity contribution is 5.36.